The average molecular weight is 1760 g/mol. The molecule has 39 atom stereocenters. The second-order valence-electron chi connectivity index (χ2n) is 38.4. The molecule has 702 valence electrons. The van der Waals surface area contributed by atoms with Crippen LogP contribution in [0, 0.1) is 47.3 Å². The summed E-state index contributed by atoms with van der Waals surface area (Å²) >= 11 is 0. The van der Waals surface area contributed by atoms with Gasteiger partial charge in [0.15, 0.2) is 36.7 Å². The molecule has 0 saturated carbocycles. The molecule has 4 bridgehead atoms. The third-order valence-electron chi connectivity index (χ3n) is 29.2. The van der Waals surface area contributed by atoms with E-state index in [2.05, 4.69) is 104 Å². The van der Waals surface area contributed by atoms with Crippen LogP contribution in [0.2, 0.25) is 0 Å². The van der Waals surface area contributed by atoms with Crippen molar-refractivity contribution in [3.05, 3.63) is 119 Å². The van der Waals surface area contributed by atoms with E-state index in [1.54, 1.807) is 66.6 Å². The quantitative estimate of drug-likeness (QED) is 0.0582. The number of rotatable bonds is 17. The SMILES string of the molecule is CC[C@H](C)[C@H]1O[C@]2(C=C[C@@H]1C)C[C@@H]1C[C@@H](C/C=C(\C)[C@@H](O[C@H]3C[C@H](OC)[C@H](O[C@H]4C[C@H](OC)[C@H](NC)[C@H](C)O4)[C@H](C)O3)[C@@H](C)/C=C/C=C3\CO[C@@H]4[C@H](O)C(C)=C[C@@H](C(=O)O1)[C@]34O)O2.CN[C@@H]1[C@H](C)O[C@@H](O[C@@H]2[C@H](C)O[C@@H](O[C@@H]3/C(C)=C/C[C@@H]4C[C@@H](C[C@]5(C=C[C@H](C)[C@@H](C(C)C)O5)O4)OC(=O)[C@@H]4C=C(C)[C@@H](O)[C@H]5OC/C(=C\C=C\[C@@H]3C)[C@]54O)C[C@@H]2OC)C[C@@H]1OC. The van der Waals surface area contributed by atoms with Gasteiger partial charge in [-0.1, -0.05) is 135 Å². The number of likely N-dealkylation sites (N-methyl/N-ethyl adjacent to an activating group) is 2. The highest BCUT2D eigenvalue weighted by atomic mass is 16.8. The summed E-state index contributed by atoms with van der Waals surface area (Å²) in [6.45, 7) is 32.7. The first-order valence-corrected chi connectivity index (χ1v) is 46.2. The first-order valence-electron chi connectivity index (χ1n) is 46.2. The lowest BCUT2D eigenvalue weighted by Gasteiger charge is -2.48. The maximum absolute atomic E-state index is 14.4. The van der Waals surface area contributed by atoms with Crippen LogP contribution in [0.25, 0.3) is 0 Å². The van der Waals surface area contributed by atoms with Crippen LogP contribution in [-0.2, 0) is 104 Å². The fraction of sp³-hybridized carbons (Fsp3) is 0.773. The number of ether oxygens (including phenoxy) is 20. The lowest BCUT2D eigenvalue weighted by Crippen LogP contribution is -2.58. The highest BCUT2D eigenvalue weighted by molar-refractivity contribution is 5.79. The van der Waals surface area contributed by atoms with Crippen molar-refractivity contribution >= 4 is 11.9 Å². The molecule has 0 aromatic rings. The van der Waals surface area contributed by atoms with Crippen LogP contribution in [-0.4, -0.2) is 282 Å². The molecule has 0 radical (unpaired) electrons. The fourth-order valence-electron chi connectivity index (χ4n) is 21.9. The van der Waals surface area contributed by atoms with Gasteiger partial charge < -0.3 is 126 Å². The number of carbonyl (C=O) groups excluding carboxylic acids is 2. The molecule has 125 heavy (non-hydrogen) atoms. The molecular weight excluding hydrogens is 1610 g/mol. The molecular formula is C97H148N2O26. The molecule has 2 spiro atoms. The van der Waals surface area contributed by atoms with Gasteiger partial charge in [-0.05, 0) is 140 Å². The van der Waals surface area contributed by atoms with Crippen molar-refractivity contribution in [2.45, 2.75) is 376 Å². The van der Waals surface area contributed by atoms with Crippen molar-refractivity contribution in [3.8, 4) is 0 Å². The Hall–Kier alpha value is -4.62. The molecule has 14 aliphatic rings. The second-order valence-corrected chi connectivity index (χ2v) is 38.4. The van der Waals surface area contributed by atoms with E-state index in [0.717, 1.165) is 17.6 Å². The van der Waals surface area contributed by atoms with Gasteiger partial charge >= 0.3 is 11.9 Å². The number of aliphatic hydroxyl groups is 4. The van der Waals surface area contributed by atoms with Gasteiger partial charge in [0.2, 0.25) is 0 Å². The fourth-order valence-corrected chi connectivity index (χ4v) is 21.9. The number of hydrogen-bond donors (Lipinski definition) is 6. The zero-order valence-electron chi connectivity index (χ0n) is 77.8. The number of nitrogens with one attached hydrogen (secondary N) is 2. The summed E-state index contributed by atoms with van der Waals surface area (Å²) in [5, 5.41) is 54.1. The minimum atomic E-state index is -1.83. The summed E-state index contributed by atoms with van der Waals surface area (Å²) in [5.41, 5.74) is 0.355. The Balaban J connectivity index is 0.000000215. The maximum Gasteiger partial charge on any atom is 0.316 e. The van der Waals surface area contributed by atoms with Crippen LogP contribution in [0.3, 0.4) is 0 Å². The molecule has 8 fully saturated rings. The van der Waals surface area contributed by atoms with Crippen molar-refractivity contribution in [2.24, 2.45) is 47.3 Å². The minimum Gasteiger partial charge on any atom is -0.462 e. The van der Waals surface area contributed by atoms with Gasteiger partial charge in [-0.2, -0.15) is 0 Å². The van der Waals surface area contributed by atoms with E-state index in [9.17, 15) is 30.0 Å². The van der Waals surface area contributed by atoms with Crippen LogP contribution in [0.4, 0.5) is 0 Å². The molecule has 28 heteroatoms. The average Bonchev–Trinajstić information content (AvgIpc) is 1.60. The topological polar surface area (TPSA) is 324 Å². The Kier molecular flexibility index (Phi) is 32.6. The summed E-state index contributed by atoms with van der Waals surface area (Å²) in [5.74, 6) is -5.07. The van der Waals surface area contributed by atoms with Crippen molar-refractivity contribution in [2.75, 3.05) is 55.7 Å². The van der Waals surface area contributed by atoms with E-state index < -0.39 is 133 Å². The van der Waals surface area contributed by atoms with Crippen LogP contribution in [0.5, 0.6) is 0 Å². The number of fused-ring (bicyclic) bond motifs is 4. The van der Waals surface area contributed by atoms with Gasteiger partial charge in [0, 0.05) is 103 Å². The molecule has 12 heterocycles. The largest absolute Gasteiger partial charge is 0.462 e. The molecule has 2 aliphatic carbocycles. The van der Waals surface area contributed by atoms with Crippen molar-refractivity contribution in [3.63, 3.8) is 0 Å². The Morgan fingerprint density at radius 1 is 0.472 bits per heavy atom. The van der Waals surface area contributed by atoms with Gasteiger partial charge in [-0.25, -0.2) is 0 Å². The van der Waals surface area contributed by atoms with E-state index in [4.69, 9.17) is 94.7 Å². The molecule has 28 nitrogen and oxygen atoms in total. The molecule has 0 aromatic heterocycles. The number of allylic oxidation sites excluding steroid dienone is 4. The third kappa shape index (κ3) is 21.1. The smallest absolute Gasteiger partial charge is 0.316 e. The van der Waals surface area contributed by atoms with Crippen molar-refractivity contribution in [1.82, 2.24) is 10.6 Å². The molecule has 14 rings (SSSR count). The second kappa shape index (κ2) is 41.7. The summed E-state index contributed by atoms with van der Waals surface area (Å²) in [7, 11) is 10.6. The number of esters is 2. The molecule has 0 unspecified atom stereocenters. The highest BCUT2D eigenvalue weighted by Gasteiger charge is 2.63. The molecule has 0 aromatic carbocycles. The van der Waals surface area contributed by atoms with E-state index in [0.29, 0.717) is 86.5 Å². The Bertz CT molecular complexity index is 3970. The molecule has 0 amide bonds. The first kappa shape index (κ1) is 97.9. The normalized spacial score (nSPS) is 48.6. The van der Waals surface area contributed by atoms with Gasteiger partial charge in [-0.3, -0.25) is 9.59 Å². The van der Waals surface area contributed by atoms with E-state index in [-0.39, 0.29) is 134 Å². The monoisotopic (exact) mass is 1760 g/mol. The summed E-state index contributed by atoms with van der Waals surface area (Å²) in [6, 6.07) is 0.0887. The summed E-state index contributed by atoms with van der Waals surface area (Å²) < 4.78 is 129. The molecule has 12 aliphatic heterocycles. The van der Waals surface area contributed by atoms with Crippen LogP contribution in [0.1, 0.15) is 181 Å². The van der Waals surface area contributed by atoms with Crippen LogP contribution < -0.4 is 10.6 Å². The standard InChI is InChI=1S/C49H75NO13.C48H73NO13/c1-12-26(2)44-29(5)18-19-48(63-44)24-35-21-34(62-48)17-16-28(4)43(27(3)14-13-15-33-25-56-46-42(51)30(6)20-36(47(52)59-35)49(33,46)53)60-40-23-38(55-11)45(32(8)58-40)61-39-22-37(54-10)41(50-9)31(7)57-39;1-25(2)42-28(5)17-18-47(62-42)23-34-20-33(61-47)16-15-27(4)43(26(3)13-12-14-32-24-55-45-41(50)29(6)19-35(46(51)58-34)48(32,45)52)59-39-22-37(54-11)44(31(8)57-39)60-38-21-36(53-10)40(49-9)30(7)56-38/h13-16,18-20,26-27,29,31-32,34-46,50-51,53H,12,17,21-25H2,1-11H3;12-15,17-19,25-26,28,30-31,33-45,49-50,52H,16,20-24H2,1-11H3/b14-13+,28-16+,33-15+;13-12+,27-15+,32-14+/t26-,27-,29-,31-,32-,34+,35-,36-,37-,38-,39-,40-,41+,42+,43-,44+,45+,46+,48+,49+;26-,28-,30-,31-,33+,34-,35-,36-,37-,38-,39-,40+,41+,42+,43-,44+,45+,47+,48+/m00/s1. The van der Waals surface area contributed by atoms with E-state index >= 15 is 0 Å². The first-order chi connectivity index (χ1) is 59.5. The van der Waals surface area contributed by atoms with Gasteiger partial charge in [0.05, 0.1) is 111 Å². The van der Waals surface area contributed by atoms with E-state index in [1.807, 2.05) is 78.2 Å². The number of hydrogen-bond acceptors (Lipinski definition) is 28. The Labute approximate surface area is 741 Å². The Morgan fingerprint density at radius 2 is 0.848 bits per heavy atom. The summed E-state index contributed by atoms with van der Waals surface area (Å²) in [4.78, 5) is 28.7. The van der Waals surface area contributed by atoms with Crippen molar-refractivity contribution < 1.29 is 125 Å². The maximum atomic E-state index is 14.4. The predicted molar refractivity (Wildman–Crippen MR) is 464 cm³/mol. The summed E-state index contributed by atoms with van der Waals surface area (Å²) in [6.07, 6.45) is 20.5. The number of carbonyl (C=O) groups is 2. The highest BCUT2D eigenvalue weighted by Crippen LogP contribution is 2.51. The van der Waals surface area contributed by atoms with Gasteiger partial charge in [0.1, 0.15) is 71.9 Å². The van der Waals surface area contributed by atoms with Crippen LogP contribution in [0.15, 0.2) is 119 Å². The zero-order valence-corrected chi connectivity index (χ0v) is 77.8. The lowest BCUT2D eigenvalue weighted by atomic mass is 9.71. The number of methoxy groups -OCH3 is 4. The van der Waals surface area contributed by atoms with Gasteiger partial charge in [-0.15, -0.1) is 0 Å². The van der Waals surface area contributed by atoms with Crippen LogP contribution >= 0.6 is 0 Å². The molecule has 6 N–H and O–H groups in total. The third-order valence-corrected chi connectivity index (χ3v) is 29.2. The van der Waals surface area contributed by atoms with Crippen molar-refractivity contribution in [1.29, 1.82) is 0 Å². The molecule has 8 saturated heterocycles. The van der Waals surface area contributed by atoms with Gasteiger partial charge in [0.25, 0.3) is 0 Å². The zero-order chi connectivity index (χ0) is 90.1. The van der Waals surface area contributed by atoms with E-state index in [1.165, 1.54) is 0 Å². The number of aliphatic hydroxyl groups excluding tert-OH is 2. The predicted octanol–water partition coefficient (Wildman–Crippen LogP) is 10.8. The lowest BCUT2D eigenvalue weighted by molar-refractivity contribution is -0.312. The minimum absolute atomic E-state index is 0.0407. The Morgan fingerprint density at radius 3 is 1.23 bits per heavy atom.